The number of carbonyl (C=O) groups is 3. The van der Waals surface area contributed by atoms with Gasteiger partial charge in [-0.15, -0.1) is 0 Å². The molecule has 21 heavy (non-hydrogen) atoms. The van der Waals surface area contributed by atoms with Gasteiger partial charge in [0.05, 0.1) is 7.11 Å². The molecule has 0 rings (SSSR count). The Morgan fingerprint density at radius 1 is 1.19 bits per heavy atom. The number of esters is 2. The fraction of sp³-hybridized carbons (Fsp3) is 0.643. The third-order valence-electron chi connectivity index (χ3n) is 2.52. The fourth-order valence-electron chi connectivity index (χ4n) is 1.38. The SMILES string of the molecule is C=C(C)C(=O)OCCOC(=O)NC(CCCC)C(=O)OC. The Hall–Kier alpha value is -2.05. The van der Waals surface area contributed by atoms with Crippen molar-refractivity contribution in [3.05, 3.63) is 12.2 Å². The summed E-state index contributed by atoms with van der Waals surface area (Å²) < 4.78 is 14.2. The van der Waals surface area contributed by atoms with Gasteiger partial charge < -0.3 is 19.5 Å². The molecule has 0 aliphatic rings. The Bertz CT molecular complexity index is 380. The van der Waals surface area contributed by atoms with E-state index >= 15 is 0 Å². The van der Waals surface area contributed by atoms with Gasteiger partial charge in [-0.3, -0.25) is 0 Å². The first kappa shape index (κ1) is 18.9. The van der Waals surface area contributed by atoms with Crippen LogP contribution in [0.2, 0.25) is 0 Å². The molecule has 7 heteroatoms. The molecule has 0 saturated heterocycles. The molecule has 1 atom stereocenters. The molecule has 0 heterocycles. The Morgan fingerprint density at radius 3 is 2.33 bits per heavy atom. The summed E-state index contributed by atoms with van der Waals surface area (Å²) in [4.78, 5) is 34.1. The minimum atomic E-state index is -0.757. The number of rotatable bonds is 9. The van der Waals surface area contributed by atoms with E-state index in [1.54, 1.807) is 0 Å². The lowest BCUT2D eigenvalue weighted by Crippen LogP contribution is -2.42. The maximum Gasteiger partial charge on any atom is 0.407 e. The maximum atomic E-state index is 11.5. The zero-order chi connectivity index (χ0) is 16.3. The zero-order valence-corrected chi connectivity index (χ0v) is 12.8. The first-order chi connectivity index (χ1) is 9.92. The summed E-state index contributed by atoms with van der Waals surface area (Å²) in [5, 5.41) is 2.42. The molecule has 1 unspecified atom stereocenters. The van der Waals surface area contributed by atoms with Gasteiger partial charge in [0.25, 0.3) is 0 Å². The van der Waals surface area contributed by atoms with Gasteiger partial charge in [0.2, 0.25) is 0 Å². The molecule has 0 bridgehead atoms. The molecule has 7 nitrogen and oxygen atoms in total. The monoisotopic (exact) mass is 301 g/mol. The van der Waals surface area contributed by atoms with Gasteiger partial charge in [-0.05, 0) is 13.3 Å². The van der Waals surface area contributed by atoms with E-state index in [9.17, 15) is 14.4 Å². The van der Waals surface area contributed by atoms with Crippen LogP contribution in [0.1, 0.15) is 33.1 Å². The smallest absolute Gasteiger partial charge is 0.407 e. The summed E-state index contributed by atoms with van der Waals surface area (Å²) in [7, 11) is 1.26. The van der Waals surface area contributed by atoms with Gasteiger partial charge in [0, 0.05) is 5.57 Å². The third-order valence-corrected chi connectivity index (χ3v) is 2.52. The summed E-state index contributed by atoms with van der Waals surface area (Å²) in [5.74, 6) is -1.07. The lowest BCUT2D eigenvalue weighted by molar-refractivity contribution is -0.143. The average Bonchev–Trinajstić information content (AvgIpc) is 2.46. The van der Waals surface area contributed by atoms with Crippen molar-refractivity contribution in [2.24, 2.45) is 0 Å². The van der Waals surface area contributed by atoms with E-state index in [1.807, 2.05) is 6.92 Å². The number of hydrogen-bond donors (Lipinski definition) is 1. The number of alkyl carbamates (subject to hydrolysis) is 1. The second-order valence-corrected chi connectivity index (χ2v) is 4.41. The van der Waals surface area contributed by atoms with Gasteiger partial charge in [-0.2, -0.15) is 0 Å². The number of hydrogen-bond acceptors (Lipinski definition) is 6. The van der Waals surface area contributed by atoms with Crippen LogP contribution in [0.15, 0.2) is 12.2 Å². The van der Waals surface area contributed by atoms with E-state index in [-0.39, 0.29) is 18.8 Å². The van der Waals surface area contributed by atoms with E-state index < -0.39 is 24.1 Å². The number of methoxy groups -OCH3 is 1. The highest BCUT2D eigenvalue weighted by Gasteiger charge is 2.21. The van der Waals surface area contributed by atoms with Crippen molar-refractivity contribution in [1.29, 1.82) is 0 Å². The number of nitrogens with one attached hydrogen (secondary N) is 1. The Labute approximate surface area is 124 Å². The van der Waals surface area contributed by atoms with Crippen LogP contribution in [0.3, 0.4) is 0 Å². The molecule has 0 aromatic carbocycles. The summed E-state index contributed by atoms with van der Waals surface area (Å²) in [6.07, 6.45) is 1.38. The molecule has 0 fully saturated rings. The summed E-state index contributed by atoms with van der Waals surface area (Å²) >= 11 is 0. The normalized spacial score (nSPS) is 11.2. The quantitative estimate of drug-likeness (QED) is 0.301. The highest BCUT2D eigenvalue weighted by atomic mass is 16.6. The Morgan fingerprint density at radius 2 is 1.81 bits per heavy atom. The minimum Gasteiger partial charge on any atom is -0.467 e. The summed E-state index contributed by atoms with van der Waals surface area (Å²) in [5.41, 5.74) is 0.268. The van der Waals surface area contributed by atoms with Crippen LogP contribution in [-0.2, 0) is 23.8 Å². The topological polar surface area (TPSA) is 90.9 Å². The predicted octanol–water partition coefficient (Wildman–Crippen LogP) is 1.56. The molecule has 1 amide bonds. The van der Waals surface area contributed by atoms with Crippen LogP contribution in [0.5, 0.6) is 0 Å². The van der Waals surface area contributed by atoms with E-state index in [1.165, 1.54) is 14.0 Å². The lowest BCUT2D eigenvalue weighted by atomic mass is 10.1. The predicted molar refractivity (Wildman–Crippen MR) is 75.6 cm³/mol. The van der Waals surface area contributed by atoms with Gasteiger partial charge >= 0.3 is 18.0 Å². The maximum absolute atomic E-state index is 11.5. The van der Waals surface area contributed by atoms with Gasteiger partial charge in [-0.25, -0.2) is 14.4 Å². The van der Waals surface area contributed by atoms with Crippen LogP contribution in [0.4, 0.5) is 4.79 Å². The lowest BCUT2D eigenvalue weighted by Gasteiger charge is -2.16. The van der Waals surface area contributed by atoms with Crippen molar-refractivity contribution in [1.82, 2.24) is 5.32 Å². The van der Waals surface area contributed by atoms with Crippen molar-refractivity contribution < 1.29 is 28.6 Å². The Kier molecular flexibility index (Phi) is 9.66. The van der Waals surface area contributed by atoms with Crippen molar-refractivity contribution in [2.75, 3.05) is 20.3 Å². The fourth-order valence-corrected chi connectivity index (χ4v) is 1.38. The Balaban J connectivity index is 4.05. The molecule has 1 N–H and O–H groups in total. The van der Waals surface area contributed by atoms with E-state index in [2.05, 4.69) is 16.6 Å². The van der Waals surface area contributed by atoms with Gasteiger partial charge in [0.1, 0.15) is 19.3 Å². The molecule has 0 aliphatic heterocycles. The van der Waals surface area contributed by atoms with Gasteiger partial charge in [-0.1, -0.05) is 26.3 Å². The van der Waals surface area contributed by atoms with Crippen LogP contribution in [0, 0.1) is 0 Å². The first-order valence-electron chi connectivity index (χ1n) is 6.76. The zero-order valence-electron chi connectivity index (χ0n) is 12.8. The van der Waals surface area contributed by atoms with E-state index in [0.717, 1.165) is 12.8 Å². The molecule has 0 saturated carbocycles. The van der Waals surface area contributed by atoms with E-state index in [4.69, 9.17) is 9.47 Å². The van der Waals surface area contributed by atoms with Gasteiger partial charge in [0.15, 0.2) is 0 Å². The number of amides is 1. The van der Waals surface area contributed by atoms with Crippen molar-refractivity contribution in [3.8, 4) is 0 Å². The second-order valence-electron chi connectivity index (χ2n) is 4.41. The number of carbonyl (C=O) groups excluding carboxylic acids is 3. The number of unbranched alkanes of at least 4 members (excludes halogenated alkanes) is 1. The molecule has 0 radical (unpaired) electrons. The molecule has 0 aliphatic carbocycles. The van der Waals surface area contributed by atoms with Crippen LogP contribution >= 0.6 is 0 Å². The van der Waals surface area contributed by atoms with Crippen LogP contribution in [-0.4, -0.2) is 44.4 Å². The second kappa shape index (κ2) is 10.7. The first-order valence-corrected chi connectivity index (χ1v) is 6.76. The van der Waals surface area contributed by atoms with Crippen LogP contribution < -0.4 is 5.32 Å². The van der Waals surface area contributed by atoms with Crippen LogP contribution in [0.25, 0.3) is 0 Å². The molecular formula is C14H23NO6. The molecule has 0 spiro atoms. The standard InChI is InChI=1S/C14H23NO6/c1-5-6-7-11(13(17)19-4)15-14(18)21-9-8-20-12(16)10(2)3/h11H,2,5-9H2,1,3-4H3,(H,15,18). The van der Waals surface area contributed by atoms with Crippen molar-refractivity contribution >= 4 is 18.0 Å². The van der Waals surface area contributed by atoms with E-state index in [0.29, 0.717) is 6.42 Å². The summed E-state index contributed by atoms with van der Waals surface area (Å²) in [6, 6.07) is -0.736. The molecular weight excluding hydrogens is 278 g/mol. The molecule has 0 aromatic rings. The summed E-state index contributed by atoms with van der Waals surface area (Å²) in [6.45, 7) is 6.74. The average molecular weight is 301 g/mol. The minimum absolute atomic E-state index is 0.0725. The highest BCUT2D eigenvalue weighted by molar-refractivity contribution is 5.86. The number of ether oxygens (including phenoxy) is 3. The molecule has 120 valence electrons. The van der Waals surface area contributed by atoms with Crippen molar-refractivity contribution in [2.45, 2.75) is 39.2 Å². The largest absolute Gasteiger partial charge is 0.467 e. The third kappa shape index (κ3) is 8.67. The van der Waals surface area contributed by atoms with Crippen molar-refractivity contribution in [3.63, 3.8) is 0 Å². The highest BCUT2D eigenvalue weighted by Crippen LogP contribution is 2.03. The molecule has 0 aromatic heterocycles.